The van der Waals surface area contributed by atoms with Gasteiger partial charge in [0.1, 0.15) is 6.04 Å². The highest BCUT2D eigenvalue weighted by atomic mass is 16.1. The summed E-state index contributed by atoms with van der Waals surface area (Å²) in [4.78, 5) is 14.0. The normalized spacial score (nSPS) is 33.5. The van der Waals surface area contributed by atoms with Crippen molar-refractivity contribution in [3.05, 3.63) is 0 Å². The quantitative estimate of drug-likeness (QED) is 0.808. The zero-order valence-electron chi connectivity index (χ0n) is 12.4. The maximum Gasteiger partial charge on any atom is 0.236 e. The molecule has 4 nitrogen and oxygen atoms in total. The van der Waals surface area contributed by atoms with Gasteiger partial charge in [0, 0.05) is 25.7 Å². The van der Waals surface area contributed by atoms with Gasteiger partial charge in [-0.15, -0.1) is 0 Å². The largest absolute Gasteiger partial charge is 0.368 e. The summed E-state index contributed by atoms with van der Waals surface area (Å²) in [5, 5.41) is 3.29. The fourth-order valence-corrected chi connectivity index (χ4v) is 3.87. The molecule has 3 atom stereocenters. The molecule has 0 bridgehead atoms. The van der Waals surface area contributed by atoms with E-state index in [1.165, 1.54) is 32.1 Å². The molecule has 1 saturated carbocycles. The Bertz CT molecular complexity index is 306. The third kappa shape index (κ3) is 3.93. The van der Waals surface area contributed by atoms with E-state index in [-0.39, 0.29) is 11.9 Å². The van der Waals surface area contributed by atoms with E-state index in [1.54, 1.807) is 0 Å². The molecule has 0 aromatic carbocycles. The van der Waals surface area contributed by atoms with Gasteiger partial charge in [-0.05, 0) is 31.1 Å². The summed E-state index contributed by atoms with van der Waals surface area (Å²) in [6, 6.07) is 0.466. The van der Waals surface area contributed by atoms with Gasteiger partial charge in [0.15, 0.2) is 0 Å². The van der Waals surface area contributed by atoms with Crippen LogP contribution < -0.4 is 11.1 Å². The van der Waals surface area contributed by atoms with Crippen LogP contribution in [0.5, 0.6) is 0 Å². The Labute approximate surface area is 117 Å². The SMILES string of the molecule is CC(C)CC1CCCC(N2CCNCC2C(N)=O)C1. The number of nitrogens with two attached hydrogens (primary N) is 1. The third-order valence-corrected chi connectivity index (χ3v) is 4.64. The van der Waals surface area contributed by atoms with E-state index in [2.05, 4.69) is 24.1 Å². The van der Waals surface area contributed by atoms with Crippen LogP contribution in [0.4, 0.5) is 0 Å². The number of carbonyl (C=O) groups excluding carboxylic acids is 1. The second-order valence-corrected chi connectivity index (χ2v) is 6.68. The van der Waals surface area contributed by atoms with E-state index >= 15 is 0 Å². The van der Waals surface area contributed by atoms with Crippen LogP contribution in [0.1, 0.15) is 46.0 Å². The van der Waals surface area contributed by atoms with Crippen LogP contribution in [0.15, 0.2) is 0 Å². The standard InChI is InChI=1S/C15H29N3O/c1-11(2)8-12-4-3-5-13(9-12)18-7-6-17-10-14(18)15(16)19/h11-14,17H,3-10H2,1-2H3,(H2,16,19). The van der Waals surface area contributed by atoms with Crippen molar-refractivity contribution in [2.24, 2.45) is 17.6 Å². The van der Waals surface area contributed by atoms with Gasteiger partial charge in [-0.25, -0.2) is 0 Å². The van der Waals surface area contributed by atoms with E-state index in [0.717, 1.165) is 31.5 Å². The van der Waals surface area contributed by atoms with Crippen molar-refractivity contribution in [3.8, 4) is 0 Å². The number of hydrogen-bond acceptors (Lipinski definition) is 3. The van der Waals surface area contributed by atoms with E-state index < -0.39 is 0 Å². The lowest BCUT2D eigenvalue weighted by Gasteiger charge is -2.43. The number of nitrogens with one attached hydrogen (secondary N) is 1. The Morgan fingerprint density at radius 1 is 1.42 bits per heavy atom. The lowest BCUT2D eigenvalue weighted by Crippen LogP contribution is -2.60. The molecule has 4 heteroatoms. The van der Waals surface area contributed by atoms with Crippen LogP contribution in [-0.2, 0) is 4.79 Å². The first kappa shape index (κ1) is 14.8. The summed E-state index contributed by atoms with van der Waals surface area (Å²) < 4.78 is 0. The molecule has 2 fully saturated rings. The summed E-state index contributed by atoms with van der Waals surface area (Å²) in [6.07, 6.45) is 6.48. The highest BCUT2D eigenvalue weighted by molar-refractivity contribution is 5.80. The molecule has 1 aliphatic heterocycles. The number of piperazine rings is 1. The molecule has 1 heterocycles. The molecule has 2 aliphatic rings. The smallest absolute Gasteiger partial charge is 0.236 e. The minimum Gasteiger partial charge on any atom is -0.368 e. The van der Waals surface area contributed by atoms with Gasteiger partial charge in [0.2, 0.25) is 5.91 Å². The zero-order valence-corrected chi connectivity index (χ0v) is 12.4. The molecule has 1 amide bonds. The summed E-state index contributed by atoms with van der Waals surface area (Å²) in [7, 11) is 0. The fourth-order valence-electron chi connectivity index (χ4n) is 3.87. The lowest BCUT2D eigenvalue weighted by molar-refractivity contribution is -0.125. The highest BCUT2D eigenvalue weighted by Gasteiger charge is 2.34. The molecule has 0 aromatic rings. The first-order valence-electron chi connectivity index (χ1n) is 7.83. The molecular weight excluding hydrogens is 238 g/mol. The van der Waals surface area contributed by atoms with Crippen LogP contribution in [0.25, 0.3) is 0 Å². The Kier molecular flexibility index (Phi) is 5.22. The van der Waals surface area contributed by atoms with E-state index in [9.17, 15) is 4.79 Å². The van der Waals surface area contributed by atoms with Crippen molar-refractivity contribution in [1.29, 1.82) is 0 Å². The number of amides is 1. The van der Waals surface area contributed by atoms with Crippen molar-refractivity contribution in [2.45, 2.75) is 58.0 Å². The second-order valence-electron chi connectivity index (χ2n) is 6.68. The molecule has 0 spiro atoms. The Balaban J connectivity index is 1.96. The Morgan fingerprint density at radius 3 is 2.89 bits per heavy atom. The van der Waals surface area contributed by atoms with Crippen LogP contribution in [0.2, 0.25) is 0 Å². The topological polar surface area (TPSA) is 58.4 Å². The van der Waals surface area contributed by atoms with Crippen molar-refractivity contribution in [1.82, 2.24) is 10.2 Å². The molecule has 2 rings (SSSR count). The van der Waals surface area contributed by atoms with Crippen molar-refractivity contribution in [2.75, 3.05) is 19.6 Å². The van der Waals surface area contributed by atoms with E-state index in [1.807, 2.05) is 0 Å². The molecular formula is C15H29N3O. The zero-order chi connectivity index (χ0) is 13.8. The highest BCUT2D eigenvalue weighted by Crippen LogP contribution is 2.32. The van der Waals surface area contributed by atoms with Crippen LogP contribution in [-0.4, -0.2) is 42.5 Å². The van der Waals surface area contributed by atoms with Crippen molar-refractivity contribution < 1.29 is 4.79 Å². The van der Waals surface area contributed by atoms with Gasteiger partial charge in [-0.3, -0.25) is 9.69 Å². The molecule has 3 unspecified atom stereocenters. The number of carbonyl (C=O) groups is 1. The van der Waals surface area contributed by atoms with Gasteiger partial charge in [0.05, 0.1) is 0 Å². The van der Waals surface area contributed by atoms with Gasteiger partial charge in [-0.1, -0.05) is 26.7 Å². The van der Waals surface area contributed by atoms with Gasteiger partial charge in [-0.2, -0.15) is 0 Å². The van der Waals surface area contributed by atoms with Gasteiger partial charge >= 0.3 is 0 Å². The van der Waals surface area contributed by atoms with Crippen LogP contribution in [0.3, 0.4) is 0 Å². The van der Waals surface area contributed by atoms with Crippen LogP contribution in [0, 0.1) is 11.8 Å². The lowest BCUT2D eigenvalue weighted by atomic mass is 9.80. The molecule has 0 aromatic heterocycles. The molecule has 1 saturated heterocycles. The van der Waals surface area contributed by atoms with Crippen molar-refractivity contribution in [3.63, 3.8) is 0 Å². The Morgan fingerprint density at radius 2 is 2.21 bits per heavy atom. The van der Waals surface area contributed by atoms with Gasteiger partial charge < -0.3 is 11.1 Å². The molecule has 110 valence electrons. The van der Waals surface area contributed by atoms with Crippen molar-refractivity contribution >= 4 is 5.91 Å². The third-order valence-electron chi connectivity index (χ3n) is 4.64. The molecule has 3 N–H and O–H groups in total. The molecule has 19 heavy (non-hydrogen) atoms. The minimum absolute atomic E-state index is 0.100. The first-order chi connectivity index (χ1) is 9.08. The first-order valence-corrected chi connectivity index (χ1v) is 7.83. The number of nitrogens with zero attached hydrogens (tertiary/aromatic N) is 1. The number of rotatable bonds is 4. The molecule has 0 radical (unpaired) electrons. The average molecular weight is 267 g/mol. The summed E-state index contributed by atoms with van der Waals surface area (Å²) in [5.41, 5.74) is 5.56. The summed E-state index contributed by atoms with van der Waals surface area (Å²) >= 11 is 0. The predicted octanol–water partition coefficient (Wildman–Crippen LogP) is 1.35. The number of hydrogen-bond donors (Lipinski definition) is 2. The monoisotopic (exact) mass is 267 g/mol. The second kappa shape index (κ2) is 6.71. The average Bonchev–Trinajstić information content (AvgIpc) is 2.38. The van der Waals surface area contributed by atoms with E-state index in [4.69, 9.17) is 5.73 Å². The number of primary amides is 1. The minimum atomic E-state index is -0.168. The Hall–Kier alpha value is -0.610. The summed E-state index contributed by atoms with van der Waals surface area (Å²) in [5.74, 6) is 1.44. The van der Waals surface area contributed by atoms with Crippen LogP contribution >= 0.6 is 0 Å². The van der Waals surface area contributed by atoms with Gasteiger partial charge in [0.25, 0.3) is 0 Å². The van der Waals surface area contributed by atoms with E-state index in [0.29, 0.717) is 6.04 Å². The molecule has 1 aliphatic carbocycles. The maximum absolute atomic E-state index is 11.6. The predicted molar refractivity (Wildman–Crippen MR) is 77.8 cm³/mol. The summed E-state index contributed by atoms with van der Waals surface area (Å²) in [6.45, 7) is 7.28. The maximum atomic E-state index is 11.6. The fraction of sp³-hybridized carbons (Fsp3) is 0.933.